The predicted molar refractivity (Wildman–Crippen MR) is 123 cm³/mol. The van der Waals surface area contributed by atoms with Crippen molar-refractivity contribution >= 4 is 17.0 Å². The van der Waals surface area contributed by atoms with Crippen molar-refractivity contribution < 1.29 is 9.84 Å². The molecular formula is C24H29N3O3. The molecule has 2 aromatic carbocycles. The van der Waals surface area contributed by atoms with Crippen LogP contribution in [0.3, 0.4) is 0 Å². The number of benzene rings is 2. The highest BCUT2D eigenvalue weighted by atomic mass is 16.5. The van der Waals surface area contributed by atoms with Crippen LogP contribution in [0.4, 0.5) is 0 Å². The van der Waals surface area contributed by atoms with Crippen molar-refractivity contribution in [1.29, 1.82) is 0 Å². The molecule has 0 saturated carbocycles. The summed E-state index contributed by atoms with van der Waals surface area (Å²) >= 11 is 0. The van der Waals surface area contributed by atoms with Crippen molar-refractivity contribution in [3.05, 3.63) is 64.4 Å². The van der Waals surface area contributed by atoms with Gasteiger partial charge in [0.15, 0.2) is 0 Å². The summed E-state index contributed by atoms with van der Waals surface area (Å²) in [5, 5.41) is 12.3. The second kappa shape index (κ2) is 10.1. The number of aromatic hydroxyl groups is 1. The monoisotopic (exact) mass is 407 g/mol. The van der Waals surface area contributed by atoms with Crippen molar-refractivity contribution in [3.63, 3.8) is 0 Å². The predicted octanol–water partition coefficient (Wildman–Crippen LogP) is 3.86. The molecule has 3 rings (SSSR count). The van der Waals surface area contributed by atoms with E-state index in [1.165, 1.54) is 4.57 Å². The lowest BCUT2D eigenvalue weighted by molar-refractivity contribution is 0.302. The lowest BCUT2D eigenvalue weighted by Crippen LogP contribution is -2.24. The van der Waals surface area contributed by atoms with Crippen LogP contribution in [0.2, 0.25) is 0 Å². The molecule has 0 bridgehead atoms. The first-order chi connectivity index (χ1) is 14.6. The van der Waals surface area contributed by atoms with Gasteiger partial charge in [-0.3, -0.25) is 9.79 Å². The second-order valence-electron chi connectivity index (χ2n) is 7.01. The number of ether oxygens (including phenoxy) is 1. The molecule has 0 radical (unpaired) electrons. The second-order valence-corrected chi connectivity index (χ2v) is 7.01. The van der Waals surface area contributed by atoms with Crippen LogP contribution >= 0.6 is 0 Å². The zero-order valence-electron chi connectivity index (χ0n) is 17.8. The van der Waals surface area contributed by atoms with E-state index < -0.39 is 0 Å². The van der Waals surface area contributed by atoms with Crippen LogP contribution in [0.15, 0.2) is 58.3 Å². The van der Waals surface area contributed by atoms with Crippen molar-refractivity contribution in [3.8, 4) is 17.3 Å². The summed E-state index contributed by atoms with van der Waals surface area (Å²) < 4.78 is 6.70. The number of fused-ring (bicyclic) bond motifs is 1. The fourth-order valence-electron chi connectivity index (χ4n) is 3.61. The minimum absolute atomic E-state index is 0.143. The third-order valence-corrected chi connectivity index (χ3v) is 5.31. The highest BCUT2D eigenvalue weighted by Gasteiger charge is 2.18. The molecule has 0 aliphatic carbocycles. The number of rotatable bonds is 9. The fourth-order valence-corrected chi connectivity index (χ4v) is 3.61. The molecule has 1 aromatic heterocycles. The molecule has 0 amide bonds. The van der Waals surface area contributed by atoms with Gasteiger partial charge < -0.3 is 14.7 Å². The molecule has 1 heterocycles. The summed E-state index contributed by atoms with van der Waals surface area (Å²) in [7, 11) is 1.54. The number of para-hydroxylation sites is 2. The van der Waals surface area contributed by atoms with E-state index in [4.69, 9.17) is 4.74 Å². The maximum Gasteiger partial charge on any atom is 0.265 e. The Bertz CT molecular complexity index is 1080. The van der Waals surface area contributed by atoms with Gasteiger partial charge in [0.25, 0.3) is 5.56 Å². The third kappa shape index (κ3) is 4.39. The Morgan fingerprint density at radius 1 is 1.07 bits per heavy atom. The molecule has 6 nitrogen and oxygen atoms in total. The van der Waals surface area contributed by atoms with E-state index in [0.717, 1.165) is 26.1 Å². The van der Waals surface area contributed by atoms with E-state index >= 15 is 0 Å². The van der Waals surface area contributed by atoms with Crippen LogP contribution < -0.4 is 10.3 Å². The zero-order valence-corrected chi connectivity index (χ0v) is 17.8. The highest BCUT2D eigenvalue weighted by molar-refractivity contribution is 6.01. The molecule has 0 atom stereocenters. The topological polar surface area (TPSA) is 67.1 Å². The van der Waals surface area contributed by atoms with E-state index in [0.29, 0.717) is 34.3 Å². The number of aliphatic imine (C=N–C) groups is 1. The molecule has 6 heteroatoms. The Hall–Kier alpha value is -3.12. The minimum Gasteiger partial charge on any atom is -0.495 e. The van der Waals surface area contributed by atoms with Crippen LogP contribution in [0.25, 0.3) is 16.5 Å². The van der Waals surface area contributed by atoms with E-state index in [2.05, 4.69) is 23.7 Å². The summed E-state index contributed by atoms with van der Waals surface area (Å²) in [4.78, 5) is 20.1. The van der Waals surface area contributed by atoms with Crippen LogP contribution in [-0.2, 0) is 0 Å². The molecule has 1 N–H and O–H groups in total. The Kier molecular flexibility index (Phi) is 7.25. The average molecular weight is 408 g/mol. The van der Waals surface area contributed by atoms with E-state index in [9.17, 15) is 9.90 Å². The van der Waals surface area contributed by atoms with Crippen molar-refractivity contribution in [1.82, 2.24) is 9.47 Å². The molecular weight excluding hydrogens is 378 g/mol. The summed E-state index contributed by atoms with van der Waals surface area (Å²) in [6.07, 6.45) is 2.61. The summed E-state index contributed by atoms with van der Waals surface area (Å²) in [6, 6.07) is 14.4. The lowest BCUT2D eigenvalue weighted by Gasteiger charge is -2.17. The summed E-state index contributed by atoms with van der Waals surface area (Å²) in [5.74, 6) is 0.364. The first-order valence-corrected chi connectivity index (χ1v) is 10.3. The molecule has 0 aliphatic rings. The van der Waals surface area contributed by atoms with E-state index in [1.807, 2.05) is 24.3 Å². The Labute approximate surface area is 177 Å². The van der Waals surface area contributed by atoms with Gasteiger partial charge in [-0.15, -0.1) is 0 Å². The molecule has 3 aromatic rings. The Balaban J connectivity index is 2.04. The van der Waals surface area contributed by atoms with Gasteiger partial charge in [-0.25, -0.2) is 4.57 Å². The molecule has 0 saturated heterocycles. The van der Waals surface area contributed by atoms with Gasteiger partial charge >= 0.3 is 0 Å². The normalized spacial score (nSPS) is 11.6. The van der Waals surface area contributed by atoms with Gasteiger partial charge in [0.1, 0.15) is 5.75 Å². The Morgan fingerprint density at radius 2 is 1.73 bits per heavy atom. The minimum atomic E-state index is -0.300. The number of hydrogen-bond donors (Lipinski definition) is 1. The molecule has 0 spiro atoms. The maximum atomic E-state index is 13.2. The highest BCUT2D eigenvalue weighted by Crippen LogP contribution is 2.29. The van der Waals surface area contributed by atoms with Crippen LogP contribution in [0, 0.1) is 0 Å². The molecule has 0 aliphatic heterocycles. The van der Waals surface area contributed by atoms with Crippen LogP contribution in [-0.4, -0.2) is 54.1 Å². The number of aromatic nitrogens is 1. The quantitative estimate of drug-likeness (QED) is 0.432. The largest absolute Gasteiger partial charge is 0.495 e. The summed E-state index contributed by atoms with van der Waals surface area (Å²) in [5.41, 5.74) is 0.717. The molecule has 30 heavy (non-hydrogen) atoms. The first-order valence-electron chi connectivity index (χ1n) is 10.3. The number of methoxy groups -OCH3 is 1. The number of pyridine rings is 1. The van der Waals surface area contributed by atoms with Gasteiger partial charge in [-0.05, 0) is 44.3 Å². The van der Waals surface area contributed by atoms with E-state index in [-0.39, 0.29) is 11.4 Å². The van der Waals surface area contributed by atoms with Crippen LogP contribution in [0.1, 0.15) is 25.8 Å². The first kappa shape index (κ1) is 21.6. The van der Waals surface area contributed by atoms with Gasteiger partial charge in [0, 0.05) is 23.5 Å². The van der Waals surface area contributed by atoms with Gasteiger partial charge in [0.05, 0.1) is 18.4 Å². The lowest BCUT2D eigenvalue weighted by atomic mass is 10.1. The van der Waals surface area contributed by atoms with Gasteiger partial charge in [-0.2, -0.15) is 0 Å². The molecule has 0 fully saturated rings. The fraction of sp³-hybridized carbons (Fsp3) is 0.333. The SMILES string of the molecule is CCN(CC)CCCN=Cc1c(O)n(-c2ccccc2OC)c(=O)c2ccccc12. The van der Waals surface area contributed by atoms with Crippen LogP contribution in [0.5, 0.6) is 11.6 Å². The van der Waals surface area contributed by atoms with Crippen molar-refractivity contribution in [2.75, 3.05) is 33.3 Å². The van der Waals surface area contributed by atoms with Gasteiger partial charge in [-0.1, -0.05) is 44.2 Å². The van der Waals surface area contributed by atoms with Crippen molar-refractivity contribution in [2.45, 2.75) is 20.3 Å². The van der Waals surface area contributed by atoms with E-state index in [1.54, 1.807) is 37.6 Å². The third-order valence-electron chi connectivity index (χ3n) is 5.31. The smallest absolute Gasteiger partial charge is 0.265 e. The Morgan fingerprint density at radius 3 is 2.43 bits per heavy atom. The number of nitrogens with zero attached hydrogens (tertiary/aromatic N) is 3. The molecule has 158 valence electrons. The van der Waals surface area contributed by atoms with Gasteiger partial charge in [0.2, 0.25) is 5.88 Å². The van der Waals surface area contributed by atoms with Crippen molar-refractivity contribution in [2.24, 2.45) is 4.99 Å². The zero-order chi connectivity index (χ0) is 21.5. The maximum absolute atomic E-state index is 13.2. The number of hydrogen-bond acceptors (Lipinski definition) is 5. The molecule has 0 unspecified atom stereocenters. The standard InChI is InChI=1S/C24H29N3O3/c1-4-26(5-2)16-10-15-25-17-20-18-11-6-7-12-19(18)23(28)27(24(20)29)21-13-8-9-14-22(21)30-3/h6-9,11-14,17,29H,4-5,10,15-16H2,1-3H3. The average Bonchev–Trinajstić information content (AvgIpc) is 2.78. The summed E-state index contributed by atoms with van der Waals surface area (Å²) in [6.45, 7) is 7.98.